The van der Waals surface area contributed by atoms with Gasteiger partial charge in [0.1, 0.15) is 5.69 Å². The highest BCUT2D eigenvalue weighted by molar-refractivity contribution is 5.98. The molecule has 0 atom stereocenters. The first-order chi connectivity index (χ1) is 13.3. The number of Topliss-reactive ketones (excluding diaryl/α,β-unsaturated/α-hetero) is 2. The number of methoxy groups -OCH3 is 1. The van der Waals surface area contributed by atoms with E-state index in [2.05, 4.69) is 4.98 Å². The number of nitrogens with zero attached hydrogens (tertiary/aromatic N) is 4. The predicted octanol–water partition coefficient (Wildman–Crippen LogP) is 1.73. The van der Waals surface area contributed by atoms with Crippen LogP contribution >= 0.6 is 0 Å². The van der Waals surface area contributed by atoms with Crippen LogP contribution < -0.4 is 0 Å². The van der Waals surface area contributed by atoms with Crippen LogP contribution in [-0.4, -0.2) is 43.3 Å². The molecule has 3 aromatic rings. The normalized spacial score (nSPS) is 10.9. The van der Waals surface area contributed by atoms with Gasteiger partial charge in [0.25, 0.3) is 0 Å². The van der Waals surface area contributed by atoms with Gasteiger partial charge in [0.05, 0.1) is 12.8 Å². The van der Waals surface area contributed by atoms with Gasteiger partial charge in [0, 0.05) is 58.8 Å². The number of carbonyl (C=O) groups excluding carboxylic acids is 3. The van der Waals surface area contributed by atoms with Crippen LogP contribution in [0.15, 0.2) is 36.9 Å². The Balaban J connectivity index is 1.74. The molecule has 0 aromatic carbocycles. The Labute approximate surface area is 162 Å². The van der Waals surface area contributed by atoms with Gasteiger partial charge in [-0.25, -0.2) is 9.78 Å². The second-order valence-electron chi connectivity index (χ2n) is 6.74. The fraction of sp³-hybridized carbons (Fsp3) is 0.300. The van der Waals surface area contributed by atoms with E-state index in [9.17, 15) is 14.4 Å². The number of aromatic nitrogens is 4. The fourth-order valence-corrected chi connectivity index (χ4v) is 3.22. The van der Waals surface area contributed by atoms with Crippen molar-refractivity contribution in [2.45, 2.75) is 12.8 Å². The third-order valence-corrected chi connectivity index (χ3v) is 4.60. The first-order valence-corrected chi connectivity index (χ1v) is 8.72. The quantitative estimate of drug-likeness (QED) is 0.459. The molecule has 0 aliphatic rings. The van der Waals surface area contributed by atoms with Gasteiger partial charge in [-0.15, -0.1) is 0 Å². The molecule has 3 heterocycles. The third kappa shape index (κ3) is 3.80. The molecule has 0 unspecified atom stereocenters. The highest BCUT2D eigenvalue weighted by atomic mass is 16.5. The molecular formula is C20H22N4O4. The van der Waals surface area contributed by atoms with E-state index < -0.39 is 5.97 Å². The summed E-state index contributed by atoms with van der Waals surface area (Å²) in [5.74, 6) is -0.269. The number of esters is 1. The number of hydrogen-bond acceptors (Lipinski definition) is 5. The molecule has 0 saturated heterocycles. The number of hydrogen-bond donors (Lipinski definition) is 0. The van der Waals surface area contributed by atoms with Crippen molar-refractivity contribution < 1.29 is 19.1 Å². The van der Waals surface area contributed by atoms with Gasteiger partial charge in [0.15, 0.2) is 11.6 Å². The van der Waals surface area contributed by atoms with Crippen LogP contribution in [0.4, 0.5) is 0 Å². The fourth-order valence-electron chi connectivity index (χ4n) is 3.22. The first-order valence-electron chi connectivity index (χ1n) is 8.72. The lowest BCUT2D eigenvalue weighted by Gasteiger charge is -2.00. The zero-order chi connectivity index (χ0) is 20.4. The van der Waals surface area contributed by atoms with Crippen LogP contribution in [0.1, 0.15) is 42.7 Å². The van der Waals surface area contributed by atoms with Crippen molar-refractivity contribution in [3.8, 4) is 0 Å². The average molecular weight is 382 g/mol. The van der Waals surface area contributed by atoms with Crippen LogP contribution in [0.25, 0.3) is 0 Å². The maximum Gasteiger partial charge on any atom is 0.354 e. The molecule has 28 heavy (non-hydrogen) atoms. The number of aryl methyl sites for hydroxylation is 3. The minimum Gasteiger partial charge on any atom is -0.464 e. The Morgan fingerprint density at radius 3 is 2.04 bits per heavy atom. The van der Waals surface area contributed by atoms with Gasteiger partial charge in [0.2, 0.25) is 5.78 Å². The molecular weight excluding hydrogens is 360 g/mol. The van der Waals surface area contributed by atoms with Crippen LogP contribution in [0.5, 0.6) is 0 Å². The summed E-state index contributed by atoms with van der Waals surface area (Å²) in [5, 5.41) is 0. The van der Waals surface area contributed by atoms with E-state index >= 15 is 0 Å². The van der Waals surface area contributed by atoms with Crippen LogP contribution in [0.2, 0.25) is 0 Å². The van der Waals surface area contributed by atoms with Gasteiger partial charge in [-0.3, -0.25) is 9.59 Å². The molecule has 0 saturated carbocycles. The molecule has 0 aliphatic heterocycles. The molecule has 3 rings (SSSR count). The van der Waals surface area contributed by atoms with Crippen LogP contribution in [0, 0.1) is 0 Å². The topological polar surface area (TPSA) is 88.1 Å². The highest BCUT2D eigenvalue weighted by Crippen LogP contribution is 2.15. The van der Waals surface area contributed by atoms with E-state index in [1.54, 1.807) is 71.8 Å². The number of imidazole rings is 1. The Morgan fingerprint density at radius 2 is 1.46 bits per heavy atom. The van der Waals surface area contributed by atoms with Crippen LogP contribution in [-0.2, 0) is 38.7 Å². The summed E-state index contributed by atoms with van der Waals surface area (Å²) in [4.78, 5) is 40.9. The molecule has 0 N–H and O–H groups in total. The second-order valence-corrected chi connectivity index (χ2v) is 6.74. The molecule has 0 amide bonds. The SMILES string of the molecule is COC(=O)c1cc(CC(=O)c2cc(CC(=O)c3nccn3C)cn2C)cn1C. The average Bonchev–Trinajstić information content (AvgIpc) is 3.33. The van der Waals surface area contributed by atoms with Crippen molar-refractivity contribution in [1.29, 1.82) is 0 Å². The molecule has 8 heteroatoms. The van der Waals surface area contributed by atoms with Crippen LogP contribution in [0.3, 0.4) is 0 Å². The minimum absolute atomic E-state index is 0.0970. The first kappa shape index (κ1) is 19.3. The second kappa shape index (κ2) is 7.67. The number of ketones is 2. The van der Waals surface area contributed by atoms with Gasteiger partial charge >= 0.3 is 5.97 Å². The smallest absolute Gasteiger partial charge is 0.354 e. The minimum atomic E-state index is -0.449. The Bertz CT molecular complexity index is 1050. The molecule has 0 spiro atoms. The van der Waals surface area contributed by atoms with Gasteiger partial charge < -0.3 is 18.4 Å². The Kier molecular flexibility index (Phi) is 5.30. The molecule has 0 bridgehead atoms. The summed E-state index contributed by atoms with van der Waals surface area (Å²) in [6.07, 6.45) is 7.13. The zero-order valence-corrected chi connectivity index (χ0v) is 16.3. The molecule has 146 valence electrons. The molecule has 0 fully saturated rings. The standard InChI is InChI=1S/C20H22N4O4/c1-22-6-5-21-19(22)18(26)10-13-7-15(23(2)11-13)17(25)9-14-8-16(20(27)28-4)24(3)12-14/h5-8,11-12H,9-10H2,1-4H3. The molecule has 3 aromatic heterocycles. The number of ether oxygens (including phenoxy) is 1. The summed E-state index contributed by atoms with van der Waals surface area (Å²) in [6, 6.07) is 3.38. The van der Waals surface area contributed by atoms with E-state index in [4.69, 9.17) is 4.74 Å². The molecule has 8 nitrogen and oxygen atoms in total. The Morgan fingerprint density at radius 1 is 0.893 bits per heavy atom. The largest absolute Gasteiger partial charge is 0.464 e. The molecule has 0 aliphatic carbocycles. The van der Waals surface area contributed by atoms with Crippen molar-refractivity contribution in [2.24, 2.45) is 21.1 Å². The maximum absolute atomic E-state index is 12.7. The van der Waals surface area contributed by atoms with E-state index in [0.29, 0.717) is 17.2 Å². The summed E-state index contributed by atoms with van der Waals surface area (Å²) < 4.78 is 9.75. The van der Waals surface area contributed by atoms with Crippen molar-refractivity contribution >= 4 is 17.5 Å². The lowest BCUT2D eigenvalue weighted by Crippen LogP contribution is -2.09. The van der Waals surface area contributed by atoms with E-state index in [0.717, 1.165) is 11.1 Å². The number of rotatable bonds is 7. The van der Waals surface area contributed by atoms with E-state index in [1.165, 1.54) is 7.11 Å². The van der Waals surface area contributed by atoms with Gasteiger partial charge in [-0.1, -0.05) is 0 Å². The number of carbonyl (C=O) groups is 3. The summed E-state index contributed by atoms with van der Waals surface area (Å²) in [5.41, 5.74) is 2.37. The summed E-state index contributed by atoms with van der Waals surface area (Å²) in [6.45, 7) is 0. The van der Waals surface area contributed by atoms with E-state index in [1.807, 2.05) is 0 Å². The maximum atomic E-state index is 12.7. The molecule has 0 radical (unpaired) electrons. The summed E-state index contributed by atoms with van der Waals surface area (Å²) >= 11 is 0. The van der Waals surface area contributed by atoms with Gasteiger partial charge in [-0.2, -0.15) is 0 Å². The predicted molar refractivity (Wildman–Crippen MR) is 101 cm³/mol. The van der Waals surface area contributed by atoms with Crippen molar-refractivity contribution in [3.63, 3.8) is 0 Å². The summed E-state index contributed by atoms with van der Waals surface area (Å²) in [7, 11) is 6.58. The van der Waals surface area contributed by atoms with Gasteiger partial charge in [-0.05, 0) is 23.3 Å². The lowest BCUT2D eigenvalue weighted by molar-refractivity contribution is 0.0589. The third-order valence-electron chi connectivity index (χ3n) is 4.60. The Hall–Kier alpha value is -3.42. The van der Waals surface area contributed by atoms with Crippen molar-refractivity contribution in [1.82, 2.24) is 18.7 Å². The van der Waals surface area contributed by atoms with Crippen molar-refractivity contribution in [2.75, 3.05) is 7.11 Å². The van der Waals surface area contributed by atoms with E-state index in [-0.39, 0.29) is 24.4 Å². The lowest BCUT2D eigenvalue weighted by atomic mass is 10.1. The van der Waals surface area contributed by atoms with Crippen molar-refractivity contribution in [3.05, 3.63) is 65.3 Å². The zero-order valence-electron chi connectivity index (χ0n) is 16.3. The highest BCUT2D eigenvalue weighted by Gasteiger charge is 2.19. The monoisotopic (exact) mass is 382 g/mol.